The summed E-state index contributed by atoms with van der Waals surface area (Å²) in [5.41, 5.74) is -0.269. The van der Waals surface area contributed by atoms with Gasteiger partial charge in [-0.25, -0.2) is 4.79 Å². The fraction of sp³-hybridized carbons (Fsp3) is 0.533. The van der Waals surface area contributed by atoms with Crippen LogP contribution < -0.4 is 0 Å². The van der Waals surface area contributed by atoms with Crippen molar-refractivity contribution in [2.75, 3.05) is 6.61 Å². The Hall–Kier alpha value is -1.69. The first-order valence-corrected chi connectivity index (χ1v) is 8.10. The molecule has 1 aliphatic rings. The molecule has 21 heavy (non-hydrogen) atoms. The number of esters is 1. The van der Waals surface area contributed by atoms with E-state index in [0.717, 1.165) is 18.7 Å². The molecule has 0 radical (unpaired) electrons. The van der Waals surface area contributed by atoms with Crippen LogP contribution in [0.25, 0.3) is 0 Å². The Morgan fingerprint density at radius 3 is 2.81 bits per heavy atom. The second kappa shape index (κ2) is 5.26. The van der Waals surface area contributed by atoms with Crippen LogP contribution in [-0.4, -0.2) is 27.3 Å². The van der Waals surface area contributed by atoms with E-state index >= 15 is 0 Å². The zero-order valence-electron chi connectivity index (χ0n) is 12.5. The summed E-state index contributed by atoms with van der Waals surface area (Å²) >= 11 is 1.70. The molecule has 2 aromatic heterocycles. The minimum atomic E-state index is -0.384. The summed E-state index contributed by atoms with van der Waals surface area (Å²) < 4.78 is 7.09. The lowest BCUT2D eigenvalue weighted by molar-refractivity contribution is 0.0505. The number of nitrogens with zero attached hydrogens (tertiary/aromatic N) is 3. The second-order valence-electron chi connectivity index (χ2n) is 5.77. The number of aromatic nitrogens is 3. The SMILES string of the molecule is CCOC(=O)c1nnc(C(C)(C)c2cccs2)n1C1CC1. The maximum atomic E-state index is 12.1. The molecule has 2 aromatic rings. The minimum absolute atomic E-state index is 0.269. The van der Waals surface area contributed by atoms with Crippen molar-refractivity contribution in [3.8, 4) is 0 Å². The third kappa shape index (κ3) is 2.48. The van der Waals surface area contributed by atoms with Gasteiger partial charge in [0.25, 0.3) is 0 Å². The number of carbonyl (C=O) groups is 1. The molecule has 0 unspecified atom stereocenters. The molecule has 3 rings (SSSR count). The second-order valence-corrected chi connectivity index (χ2v) is 6.72. The van der Waals surface area contributed by atoms with Crippen molar-refractivity contribution in [3.63, 3.8) is 0 Å². The maximum Gasteiger partial charge on any atom is 0.376 e. The Labute approximate surface area is 128 Å². The summed E-state index contributed by atoms with van der Waals surface area (Å²) in [5, 5.41) is 10.5. The molecule has 0 aromatic carbocycles. The van der Waals surface area contributed by atoms with Crippen molar-refractivity contribution in [1.29, 1.82) is 0 Å². The average Bonchev–Trinajstić information content (AvgIpc) is 2.96. The Bertz CT molecular complexity index is 642. The normalized spacial score (nSPS) is 15.2. The lowest BCUT2D eigenvalue weighted by Crippen LogP contribution is -2.25. The maximum absolute atomic E-state index is 12.1. The number of hydrogen-bond donors (Lipinski definition) is 0. The fourth-order valence-corrected chi connectivity index (χ4v) is 3.32. The highest BCUT2D eigenvalue weighted by Crippen LogP contribution is 2.41. The molecule has 0 aliphatic heterocycles. The van der Waals surface area contributed by atoms with E-state index in [0.29, 0.717) is 18.5 Å². The van der Waals surface area contributed by atoms with Crippen LogP contribution in [0.15, 0.2) is 17.5 Å². The lowest BCUT2D eigenvalue weighted by Gasteiger charge is -2.23. The quantitative estimate of drug-likeness (QED) is 0.796. The van der Waals surface area contributed by atoms with Gasteiger partial charge in [-0.05, 0) is 45.1 Å². The van der Waals surface area contributed by atoms with Gasteiger partial charge in [0.2, 0.25) is 5.82 Å². The number of thiophene rings is 1. The predicted molar refractivity (Wildman–Crippen MR) is 80.7 cm³/mol. The van der Waals surface area contributed by atoms with E-state index in [9.17, 15) is 4.79 Å². The fourth-order valence-electron chi connectivity index (χ4n) is 2.48. The minimum Gasteiger partial charge on any atom is -0.460 e. The smallest absolute Gasteiger partial charge is 0.376 e. The number of ether oxygens (including phenoxy) is 1. The van der Waals surface area contributed by atoms with Crippen LogP contribution in [0.5, 0.6) is 0 Å². The van der Waals surface area contributed by atoms with E-state index in [1.165, 1.54) is 4.88 Å². The molecule has 0 bridgehead atoms. The summed E-state index contributed by atoms with van der Waals surface area (Å²) in [5.74, 6) is 0.791. The van der Waals surface area contributed by atoms with Gasteiger partial charge in [0.15, 0.2) is 0 Å². The van der Waals surface area contributed by atoms with Gasteiger partial charge in [-0.2, -0.15) is 0 Å². The third-order valence-corrected chi connectivity index (χ3v) is 4.96. The van der Waals surface area contributed by atoms with Gasteiger partial charge in [0.1, 0.15) is 5.82 Å². The molecule has 6 heteroatoms. The van der Waals surface area contributed by atoms with Crippen LogP contribution in [0.2, 0.25) is 0 Å². The van der Waals surface area contributed by atoms with Crippen molar-refractivity contribution in [3.05, 3.63) is 34.0 Å². The Morgan fingerprint density at radius 2 is 2.24 bits per heavy atom. The molecule has 0 spiro atoms. The summed E-state index contributed by atoms with van der Waals surface area (Å²) in [6.45, 7) is 6.39. The first-order chi connectivity index (χ1) is 10.1. The summed E-state index contributed by atoms with van der Waals surface area (Å²) in [6, 6.07) is 4.46. The van der Waals surface area contributed by atoms with E-state index in [1.807, 2.05) is 10.6 Å². The highest BCUT2D eigenvalue weighted by molar-refractivity contribution is 7.10. The van der Waals surface area contributed by atoms with Gasteiger partial charge in [-0.15, -0.1) is 21.5 Å². The van der Waals surface area contributed by atoms with Crippen LogP contribution in [0.4, 0.5) is 0 Å². The molecular weight excluding hydrogens is 286 g/mol. The van der Waals surface area contributed by atoms with Crippen LogP contribution in [0.1, 0.15) is 61.0 Å². The third-order valence-electron chi connectivity index (χ3n) is 3.76. The summed E-state index contributed by atoms with van der Waals surface area (Å²) in [6.07, 6.45) is 2.13. The van der Waals surface area contributed by atoms with Crippen LogP contribution in [-0.2, 0) is 10.2 Å². The molecule has 112 valence electrons. The highest BCUT2D eigenvalue weighted by atomic mass is 32.1. The summed E-state index contributed by atoms with van der Waals surface area (Å²) in [7, 11) is 0. The predicted octanol–water partition coefficient (Wildman–Crippen LogP) is 3.18. The van der Waals surface area contributed by atoms with Crippen molar-refractivity contribution >= 4 is 17.3 Å². The Kier molecular flexibility index (Phi) is 3.57. The van der Waals surface area contributed by atoms with Gasteiger partial charge >= 0.3 is 5.97 Å². The standard InChI is InChI=1S/C15H19N3O2S/c1-4-20-13(19)12-16-17-14(18(12)10-7-8-10)15(2,3)11-6-5-9-21-11/h5-6,9-10H,4,7-8H2,1-3H3. The van der Waals surface area contributed by atoms with E-state index in [2.05, 4.69) is 35.5 Å². The first-order valence-electron chi connectivity index (χ1n) is 7.22. The molecule has 0 atom stereocenters. The molecule has 0 saturated heterocycles. The molecular formula is C15H19N3O2S. The van der Waals surface area contributed by atoms with Crippen molar-refractivity contribution in [2.24, 2.45) is 0 Å². The van der Waals surface area contributed by atoms with Gasteiger partial charge in [0, 0.05) is 10.9 Å². The Morgan fingerprint density at radius 1 is 1.48 bits per heavy atom. The van der Waals surface area contributed by atoms with Crippen LogP contribution in [0, 0.1) is 0 Å². The van der Waals surface area contributed by atoms with Gasteiger partial charge in [-0.3, -0.25) is 0 Å². The molecule has 1 fully saturated rings. The van der Waals surface area contributed by atoms with Crippen LogP contribution in [0.3, 0.4) is 0 Å². The van der Waals surface area contributed by atoms with Crippen molar-refractivity contribution in [2.45, 2.75) is 45.1 Å². The molecule has 0 amide bonds. The highest BCUT2D eigenvalue weighted by Gasteiger charge is 2.38. The first kappa shape index (κ1) is 14.3. The van der Waals surface area contributed by atoms with Crippen molar-refractivity contribution in [1.82, 2.24) is 14.8 Å². The van der Waals surface area contributed by atoms with E-state index < -0.39 is 0 Å². The van der Waals surface area contributed by atoms with E-state index in [1.54, 1.807) is 18.3 Å². The number of carbonyl (C=O) groups excluding carboxylic acids is 1. The molecule has 5 nitrogen and oxygen atoms in total. The Balaban J connectivity index is 2.05. The molecule has 0 N–H and O–H groups in total. The zero-order valence-corrected chi connectivity index (χ0v) is 13.3. The van der Waals surface area contributed by atoms with E-state index in [-0.39, 0.29) is 11.4 Å². The lowest BCUT2D eigenvalue weighted by atomic mass is 9.90. The van der Waals surface area contributed by atoms with Crippen LogP contribution >= 0.6 is 11.3 Å². The number of hydrogen-bond acceptors (Lipinski definition) is 5. The molecule has 1 saturated carbocycles. The largest absolute Gasteiger partial charge is 0.460 e. The average molecular weight is 305 g/mol. The van der Waals surface area contributed by atoms with Gasteiger partial charge < -0.3 is 9.30 Å². The van der Waals surface area contributed by atoms with Crippen molar-refractivity contribution < 1.29 is 9.53 Å². The number of rotatable bonds is 5. The van der Waals surface area contributed by atoms with E-state index in [4.69, 9.17) is 4.74 Å². The molecule has 2 heterocycles. The monoisotopic (exact) mass is 305 g/mol. The topological polar surface area (TPSA) is 57.0 Å². The zero-order chi connectivity index (χ0) is 15.0. The van der Waals surface area contributed by atoms with Gasteiger partial charge in [-0.1, -0.05) is 6.07 Å². The summed E-state index contributed by atoms with van der Waals surface area (Å²) in [4.78, 5) is 13.3. The molecule has 1 aliphatic carbocycles. The van der Waals surface area contributed by atoms with Gasteiger partial charge in [0.05, 0.1) is 12.0 Å².